The first-order valence-corrected chi connectivity index (χ1v) is 10.6. The molecule has 0 spiro atoms. The summed E-state index contributed by atoms with van der Waals surface area (Å²) >= 11 is 0. The van der Waals surface area contributed by atoms with Gasteiger partial charge in [-0.3, -0.25) is 0 Å². The molecule has 0 unspecified atom stereocenters. The normalized spacial score (nSPS) is 12.7. The molecular formula is C26H27NO2. The van der Waals surface area contributed by atoms with Crippen molar-refractivity contribution in [2.24, 2.45) is 5.16 Å². The fourth-order valence-corrected chi connectivity index (χ4v) is 4.31. The number of benzene rings is 3. The van der Waals surface area contributed by atoms with Gasteiger partial charge in [0.05, 0.1) is 5.71 Å². The van der Waals surface area contributed by atoms with Crippen LogP contribution >= 0.6 is 0 Å². The largest absolute Gasteiger partial charge is 0.331 e. The van der Waals surface area contributed by atoms with Crippen LogP contribution in [0.25, 0.3) is 21.9 Å². The van der Waals surface area contributed by atoms with Crippen LogP contribution in [0.5, 0.6) is 0 Å². The molecule has 0 amide bonds. The maximum atomic E-state index is 11.4. The average Bonchev–Trinajstić information content (AvgIpc) is 2.74. The highest BCUT2D eigenvalue weighted by Crippen LogP contribution is 2.40. The molecule has 0 saturated heterocycles. The van der Waals surface area contributed by atoms with Gasteiger partial charge in [0.1, 0.15) is 0 Å². The predicted octanol–water partition coefficient (Wildman–Crippen LogP) is 6.65. The number of hydrogen-bond acceptors (Lipinski definition) is 3. The maximum Gasteiger partial charge on any atom is 0.331 e. The van der Waals surface area contributed by atoms with E-state index in [1.165, 1.54) is 52.8 Å². The van der Waals surface area contributed by atoms with Crippen molar-refractivity contribution < 1.29 is 9.63 Å². The number of unbranched alkanes of at least 4 members (excludes halogenated alkanes) is 3. The van der Waals surface area contributed by atoms with Crippen LogP contribution in [0.3, 0.4) is 0 Å². The van der Waals surface area contributed by atoms with Crippen LogP contribution < -0.4 is 0 Å². The minimum absolute atomic E-state index is 0.382. The van der Waals surface area contributed by atoms with E-state index in [-0.39, 0.29) is 5.97 Å². The van der Waals surface area contributed by atoms with Crippen molar-refractivity contribution in [2.75, 3.05) is 0 Å². The first-order chi connectivity index (χ1) is 14.2. The number of nitrogens with zero attached hydrogens (tertiary/aromatic N) is 1. The summed E-state index contributed by atoms with van der Waals surface area (Å²) in [6.07, 6.45) is 6.35. The lowest BCUT2D eigenvalue weighted by molar-refractivity contribution is -0.140. The van der Waals surface area contributed by atoms with E-state index < -0.39 is 0 Å². The van der Waals surface area contributed by atoms with Crippen LogP contribution in [0, 0.1) is 0 Å². The number of oxime groups is 1. The fraction of sp³-hybridized carbons (Fsp3) is 0.308. The van der Waals surface area contributed by atoms with Gasteiger partial charge in [0.25, 0.3) is 0 Å². The molecule has 1 aliphatic rings. The van der Waals surface area contributed by atoms with Crippen LogP contribution in [0.4, 0.5) is 0 Å². The summed E-state index contributed by atoms with van der Waals surface area (Å²) in [5, 5.41) is 6.75. The second-order valence-electron chi connectivity index (χ2n) is 7.77. The zero-order valence-electron chi connectivity index (χ0n) is 17.2. The Bertz CT molecular complexity index is 1080. The fourth-order valence-electron chi connectivity index (χ4n) is 4.31. The Morgan fingerprint density at radius 1 is 0.931 bits per heavy atom. The highest BCUT2D eigenvalue weighted by molar-refractivity contribution is 6.15. The van der Waals surface area contributed by atoms with Gasteiger partial charge in [0.2, 0.25) is 0 Å². The zero-order valence-corrected chi connectivity index (χ0v) is 17.2. The van der Waals surface area contributed by atoms with Crippen molar-refractivity contribution in [3.8, 4) is 11.1 Å². The third-order valence-corrected chi connectivity index (χ3v) is 5.68. The maximum absolute atomic E-state index is 11.4. The molecule has 3 nitrogen and oxygen atoms in total. The molecule has 0 saturated carbocycles. The molecule has 0 bridgehead atoms. The predicted molar refractivity (Wildman–Crippen MR) is 119 cm³/mol. The summed E-state index contributed by atoms with van der Waals surface area (Å²) in [4.78, 5) is 16.5. The van der Waals surface area contributed by atoms with E-state index in [2.05, 4.69) is 66.7 Å². The molecule has 0 aliphatic heterocycles. The van der Waals surface area contributed by atoms with E-state index in [4.69, 9.17) is 4.84 Å². The van der Waals surface area contributed by atoms with E-state index in [1.807, 2.05) is 0 Å². The number of rotatable bonds is 7. The smallest absolute Gasteiger partial charge is 0.318 e. The molecule has 0 aromatic heterocycles. The lowest BCUT2D eigenvalue weighted by Crippen LogP contribution is -2.08. The van der Waals surface area contributed by atoms with Gasteiger partial charge in [-0.15, -0.1) is 0 Å². The van der Waals surface area contributed by atoms with E-state index in [0.717, 1.165) is 37.0 Å². The Hall–Kier alpha value is -2.94. The second-order valence-corrected chi connectivity index (χ2v) is 7.77. The van der Waals surface area contributed by atoms with Gasteiger partial charge in [-0.1, -0.05) is 85.9 Å². The summed E-state index contributed by atoms with van der Waals surface area (Å²) in [6.45, 7) is 3.60. The summed E-state index contributed by atoms with van der Waals surface area (Å²) in [5.74, 6) is -0.382. The Labute approximate surface area is 172 Å². The first-order valence-electron chi connectivity index (χ1n) is 10.6. The van der Waals surface area contributed by atoms with E-state index >= 15 is 0 Å². The highest BCUT2D eigenvalue weighted by Gasteiger charge is 2.20. The molecule has 0 radical (unpaired) electrons. The van der Waals surface area contributed by atoms with Crippen LogP contribution in [0.15, 0.2) is 59.8 Å². The van der Waals surface area contributed by atoms with Crippen molar-refractivity contribution in [2.45, 2.75) is 52.4 Å². The number of fused-ring (bicyclic) bond motifs is 2. The molecule has 148 valence electrons. The molecule has 3 aromatic carbocycles. The molecule has 0 heterocycles. The van der Waals surface area contributed by atoms with Gasteiger partial charge in [0.15, 0.2) is 0 Å². The van der Waals surface area contributed by atoms with Crippen LogP contribution in [0.1, 0.15) is 62.6 Å². The van der Waals surface area contributed by atoms with Crippen molar-refractivity contribution in [3.05, 3.63) is 71.3 Å². The molecule has 29 heavy (non-hydrogen) atoms. The van der Waals surface area contributed by atoms with Gasteiger partial charge in [-0.2, -0.15) is 0 Å². The number of carbonyl (C=O) groups is 1. The highest BCUT2D eigenvalue weighted by atomic mass is 16.7. The van der Waals surface area contributed by atoms with Crippen molar-refractivity contribution in [1.29, 1.82) is 0 Å². The molecule has 3 heteroatoms. The molecule has 0 atom stereocenters. The molecule has 1 aliphatic carbocycles. The molecule has 4 rings (SSSR count). The third-order valence-electron chi connectivity index (χ3n) is 5.68. The lowest BCUT2D eigenvalue weighted by atomic mass is 9.82. The summed E-state index contributed by atoms with van der Waals surface area (Å²) < 4.78 is 0. The molecule has 0 N–H and O–H groups in total. The van der Waals surface area contributed by atoms with Gasteiger partial charge >= 0.3 is 5.97 Å². The Balaban J connectivity index is 1.81. The van der Waals surface area contributed by atoms with Gasteiger partial charge in [-0.25, -0.2) is 4.79 Å². The topological polar surface area (TPSA) is 38.7 Å². The monoisotopic (exact) mass is 385 g/mol. The van der Waals surface area contributed by atoms with E-state index in [1.54, 1.807) is 0 Å². The minimum Gasteiger partial charge on any atom is -0.318 e. The Morgan fingerprint density at radius 2 is 1.76 bits per heavy atom. The standard InChI is InChI=1S/C26H27NO2/c1-3-4-5-6-14-25(27-29-18(2)28)22-16-15-20-17-19-10-7-8-11-21(19)23-12-9-13-24(22)26(20)23/h7-13,15-16H,3-6,14,17H2,1-2H3/b27-25-. The molecular weight excluding hydrogens is 358 g/mol. The summed E-state index contributed by atoms with van der Waals surface area (Å²) in [5.41, 5.74) is 7.23. The van der Waals surface area contributed by atoms with Crippen molar-refractivity contribution >= 4 is 22.5 Å². The van der Waals surface area contributed by atoms with E-state index in [9.17, 15) is 4.79 Å². The van der Waals surface area contributed by atoms with Gasteiger partial charge in [-0.05, 0) is 52.3 Å². The molecule has 0 fully saturated rings. The van der Waals surface area contributed by atoms with Gasteiger partial charge < -0.3 is 4.84 Å². The van der Waals surface area contributed by atoms with Crippen LogP contribution in [0.2, 0.25) is 0 Å². The van der Waals surface area contributed by atoms with Crippen molar-refractivity contribution in [1.82, 2.24) is 0 Å². The second kappa shape index (κ2) is 8.60. The Morgan fingerprint density at radius 3 is 2.59 bits per heavy atom. The quantitative estimate of drug-likeness (QED) is 0.155. The van der Waals surface area contributed by atoms with Crippen LogP contribution in [-0.2, 0) is 16.1 Å². The lowest BCUT2D eigenvalue weighted by Gasteiger charge is -2.22. The third kappa shape index (κ3) is 3.95. The van der Waals surface area contributed by atoms with Crippen LogP contribution in [-0.4, -0.2) is 11.7 Å². The zero-order chi connectivity index (χ0) is 20.2. The first kappa shape index (κ1) is 19.4. The SMILES string of the molecule is CCCCCC/C(=N/OC(C)=O)c1ccc2c3c(cccc13)-c1ccccc1C2. The number of carbonyl (C=O) groups excluding carboxylic acids is 1. The Kier molecular flexibility index (Phi) is 5.75. The number of hydrogen-bond donors (Lipinski definition) is 0. The van der Waals surface area contributed by atoms with E-state index in [0.29, 0.717) is 0 Å². The van der Waals surface area contributed by atoms with Gasteiger partial charge in [0, 0.05) is 12.5 Å². The van der Waals surface area contributed by atoms with Crippen molar-refractivity contribution in [3.63, 3.8) is 0 Å². The summed E-state index contributed by atoms with van der Waals surface area (Å²) in [7, 11) is 0. The average molecular weight is 386 g/mol. The molecule has 3 aromatic rings. The minimum atomic E-state index is -0.382. The summed E-state index contributed by atoms with van der Waals surface area (Å²) in [6, 6.07) is 19.5.